The third kappa shape index (κ3) is 17.9. The number of nitrogens with one attached hydrogen (secondary N) is 1. The van der Waals surface area contributed by atoms with Crippen LogP contribution in [0.5, 0.6) is 0 Å². The first-order chi connectivity index (χ1) is 32.8. The number of hydrogen-bond acceptors (Lipinski definition) is 12. The van der Waals surface area contributed by atoms with E-state index in [2.05, 4.69) is 49.6 Å². The fraction of sp³-hybridized carbons (Fsp3) is 0.358. The normalized spacial score (nSPS) is 11.0. The van der Waals surface area contributed by atoms with Gasteiger partial charge in [-0.05, 0) is 53.4 Å². The molecule has 14 nitrogen and oxygen atoms in total. The minimum Gasteiger partial charge on any atom is -0.480 e. The van der Waals surface area contributed by atoms with E-state index in [0.717, 1.165) is 102 Å². The molecule has 4 aromatic carbocycles. The molecule has 0 aliphatic carbocycles. The molecule has 6 rings (SSSR count). The molecule has 0 fully saturated rings. The molecule has 6 aromatic rings. The summed E-state index contributed by atoms with van der Waals surface area (Å²) in [6.07, 6.45) is 7.80. The number of amides is 1. The van der Waals surface area contributed by atoms with Gasteiger partial charge < -0.3 is 24.4 Å². The van der Waals surface area contributed by atoms with Crippen LogP contribution in [0.25, 0.3) is 45.0 Å². The summed E-state index contributed by atoms with van der Waals surface area (Å²) < 4.78 is 34.5. The predicted molar refractivity (Wildman–Crippen MR) is 273 cm³/mol. The smallest absolute Gasteiger partial charge is 0.329 e. The van der Waals surface area contributed by atoms with Gasteiger partial charge in [-0.15, -0.1) is 0 Å². The number of carboxylic acids is 1. The molecule has 15 heteroatoms. The summed E-state index contributed by atoms with van der Waals surface area (Å²) in [5.41, 5.74) is 7.48. The molecular formula is C53H67N7O7S. The second-order valence-electron chi connectivity index (χ2n) is 16.1. The average Bonchev–Trinajstić information content (AvgIpc) is 3.34. The van der Waals surface area contributed by atoms with Crippen molar-refractivity contribution >= 4 is 33.5 Å². The molecule has 0 unspecified atom stereocenters. The van der Waals surface area contributed by atoms with Crippen molar-refractivity contribution in [1.82, 2.24) is 24.7 Å². The molecule has 0 aliphatic heterocycles. The lowest BCUT2D eigenvalue weighted by atomic mass is 10.0. The van der Waals surface area contributed by atoms with Crippen LogP contribution >= 0.6 is 0 Å². The Kier molecular flexibility index (Phi) is 22.7. The largest absolute Gasteiger partial charge is 0.480 e. The van der Waals surface area contributed by atoms with E-state index in [0.29, 0.717) is 13.2 Å². The van der Waals surface area contributed by atoms with Crippen LogP contribution in [0.3, 0.4) is 0 Å². The zero-order valence-corrected chi connectivity index (χ0v) is 41.2. The summed E-state index contributed by atoms with van der Waals surface area (Å²) >= 11 is 0. The van der Waals surface area contributed by atoms with Gasteiger partial charge in [0.15, 0.2) is 0 Å². The lowest BCUT2D eigenvalue weighted by Crippen LogP contribution is -2.33. The van der Waals surface area contributed by atoms with E-state index in [1.54, 1.807) is 0 Å². The fourth-order valence-corrected chi connectivity index (χ4v) is 7.53. The van der Waals surface area contributed by atoms with Crippen LogP contribution in [0.1, 0.15) is 67.2 Å². The van der Waals surface area contributed by atoms with Crippen molar-refractivity contribution in [1.29, 1.82) is 0 Å². The molecule has 0 bridgehead atoms. The van der Waals surface area contributed by atoms with Crippen LogP contribution in [0.2, 0.25) is 0 Å². The first-order valence-electron chi connectivity index (χ1n) is 23.2. The summed E-state index contributed by atoms with van der Waals surface area (Å²) in [5, 5.41) is 8.66. The molecule has 1 amide bonds. The van der Waals surface area contributed by atoms with Crippen LogP contribution in [0.15, 0.2) is 134 Å². The Hall–Kier alpha value is -6.55. The van der Waals surface area contributed by atoms with Gasteiger partial charge in [-0.3, -0.25) is 19.5 Å². The van der Waals surface area contributed by atoms with Gasteiger partial charge in [0.05, 0.1) is 41.4 Å². The SMILES string of the molecule is CC.CC(C)N(CCCCOCC(=O)NS(C)(=O)=O)c1cnc(-c2ccccc2)c(-c2ccccc2)n1.CC(C)N(CCCCOCC(=O)O)c1cnc(-c2ccccc2)c(-c2ccccc2)n1. The minimum absolute atomic E-state index is 0.206. The summed E-state index contributed by atoms with van der Waals surface area (Å²) in [5.74, 6) is 0.0246. The van der Waals surface area contributed by atoms with Crippen molar-refractivity contribution in [2.45, 2.75) is 79.3 Å². The van der Waals surface area contributed by atoms with Crippen LogP contribution in [-0.2, 0) is 29.1 Å². The average molecular weight is 946 g/mol. The number of nitrogens with zero attached hydrogens (tertiary/aromatic N) is 6. The summed E-state index contributed by atoms with van der Waals surface area (Å²) in [4.78, 5) is 46.2. The molecule has 0 aliphatic rings. The molecule has 0 atom stereocenters. The highest BCUT2D eigenvalue weighted by atomic mass is 32.2. The monoisotopic (exact) mass is 945 g/mol. The van der Waals surface area contributed by atoms with E-state index >= 15 is 0 Å². The molecule has 2 aromatic heterocycles. The number of sulfonamides is 1. The van der Waals surface area contributed by atoms with E-state index in [1.807, 2.05) is 140 Å². The summed E-state index contributed by atoms with van der Waals surface area (Å²) in [6, 6.07) is 40.8. The van der Waals surface area contributed by atoms with E-state index in [4.69, 9.17) is 34.5 Å². The fourth-order valence-electron chi connectivity index (χ4n) is 7.05. The van der Waals surface area contributed by atoms with E-state index < -0.39 is 21.9 Å². The van der Waals surface area contributed by atoms with Gasteiger partial charge in [0.1, 0.15) is 24.8 Å². The van der Waals surface area contributed by atoms with Crippen molar-refractivity contribution in [3.05, 3.63) is 134 Å². The number of carbonyl (C=O) groups excluding carboxylic acids is 1. The highest BCUT2D eigenvalue weighted by Gasteiger charge is 2.19. The van der Waals surface area contributed by atoms with Gasteiger partial charge >= 0.3 is 5.97 Å². The quantitative estimate of drug-likeness (QED) is 0.0581. The highest BCUT2D eigenvalue weighted by molar-refractivity contribution is 7.89. The van der Waals surface area contributed by atoms with Crippen molar-refractivity contribution < 1.29 is 32.6 Å². The Morgan fingerprint density at radius 1 is 0.559 bits per heavy atom. The van der Waals surface area contributed by atoms with Gasteiger partial charge in [0, 0.05) is 60.6 Å². The Morgan fingerprint density at radius 3 is 1.22 bits per heavy atom. The second kappa shape index (κ2) is 28.6. The number of ether oxygens (including phenoxy) is 2. The first kappa shape index (κ1) is 54.1. The molecule has 2 N–H and O–H groups in total. The molecule has 2 heterocycles. The third-order valence-electron chi connectivity index (χ3n) is 10.2. The number of aliphatic carboxylic acids is 1. The second-order valence-corrected chi connectivity index (χ2v) is 17.8. The number of anilines is 2. The molecular weight excluding hydrogens is 879 g/mol. The first-order valence-corrected chi connectivity index (χ1v) is 25.1. The van der Waals surface area contributed by atoms with E-state index in [-0.39, 0.29) is 25.3 Å². The minimum atomic E-state index is -3.57. The Labute approximate surface area is 402 Å². The summed E-state index contributed by atoms with van der Waals surface area (Å²) in [7, 11) is -3.57. The zero-order chi connectivity index (χ0) is 49.3. The third-order valence-corrected chi connectivity index (χ3v) is 10.8. The summed E-state index contributed by atoms with van der Waals surface area (Å²) in [6.45, 7) is 14.3. The van der Waals surface area contributed by atoms with Gasteiger partial charge in [-0.2, -0.15) is 0 Å². The van der Waals surface area contributed by atoms with Crippen molar-refractivity contribution in [2.24, 2.45) is 0 Å². The highest BCUT2D eigenvalue weighted by Crippen LogP contribution is 2.32. The number of carbonyl (C=O) groups is 2. The number of benzene rings is 4. The lowest BCUT2D eigenvalue weighted by molar-refractivity contribution is -0.142. The predicted octanol–water partition coefficient (Wildman–Crippen LogP) is 9.83. The van der Waals surface area contributed by atoms with E-state index in [9.17, 15) is 18.0 Å². The lowest BCUT2D eigenvalue weighted by Gasteiger charge is -2.28. The maximum Gasteiger partial charge on any atom is 0.329 e. The van der Waals surface area contributed by atoms with Gasteiger partial charge in [0.25, 0.3) is 5.91 Å². The van der Waals surface area contributed by atoms with Crippen LogP contribution < -0.4 is 14.5 Å². The number of rotatable bonds is 23. The van der Waals surface area contributed by atoms with Crippen molar-refractivity contribution in [2.75, 3.05) is 55.6 Å². The standard InChI is InChI=1S/C26H32N4O4S.C25H29N3O3.C2H6/c1-20(2)30(16-10-11-17-34-19-24(31)29-35(3,32)33)23-18-27-25(21-12-6-4-7-13-21)26(28-23)22-14-8-5-9-15-22;1-19(2)28(15-9-10-16-31-18-23(29)30)22-17-26-24(20-11-5-3-6-12-20)25(27-22)21-13-7-4-8-14-21;1-2/h4-9,12-15,18,20H,10-11,16-17,19H2,1-3H3,(H,29,31);3-8,11-14,17,19H,9-10,15-16,18H2,1-2H3,(H,29,30);1-2H3. The topological polar surface area (TPSA) is 177 Å². The number of aromatic nitrogens is 4. The zero-order valence-electron chi connectivity index (χ0n) is 40.4. The van der Waals surface area contributed by atoms with Crippen LogP contribution in [-0.4, -0.2) is 103 Å². The molecule has 68 heavy (non-hydrogen) atoms. The number of hydrogen-bond donors (Lipinski definition) is 2. The van der Waals surface area contributed by atoms with Crippen LogP contribution in [0, 0.1) is 0 Å². The number of carboxylic acid groups (broad SMARTS) is 1. The van der Waals surface area contributed by atoms with Crippen molar-refractivity contribution in [3.8, 4) is 45.0 Å². The van der Waals surface area contributed by atoms with Gasteiger partial charge in [0.2, 0.25) is 10.0 Å². The van der Waals surface area contributed by atoms with Crippen LogP contribution in [0.4, 0.5) is 11.6 Å². The Balaban J connectivity index is 0.000000288. The molecule has 362 valence electrons. The maximum absolute atomic E-state index is 11.5. The Bertz CT molecular complexity index is 2520. The maximum atomic E-state index is 11.5. The number of unbranched alkanes of at least 4 members (excludes halogenated alkanes) is 2. The molecule has 0 spiro atoms. The molecule has 0 saturated heterocycles. The van der Waals surface area contributed by atoms with Gasteiger partial charge in [-0.25, -0.2) is 23.2 Å². The Morgan fingerprint density at radius 2 is 0.897 bits per heavy atom. The van der Waals surface area contributed by atoms with Crippen molar-refractivity contribution in [3.63, 3.8) is 0 Å². The molecule has 0 saturated carbocycles. The van der Waals surface area contributed by atoms with Gasteiger partial charge in [-0.1, -0.05) is 135 Å². The molecule has 0 radical (unpaired) electrons. The van der Waals surface area contributed by atoms with E-state index in [1.165, 1.54) is 0 Å².